The lowest BCUT2D eigenvalue weighted by Crippen LogP contribution is -2.01. The minimum atomic E-state index is 0.502. The van der Waals surface area contributed by atoms with Gasteiger partial charge in [-0.3, -0.25) is 0 Å². The molecule has 0 aliphatic heterocycles. The first-order chi connectivity index (χ1) is 20.8. The summed E-state index contributed by atoms with van der Waals surface area (Å²) in [5, 5.41) is 6.75. The number of nitrogens with zero attached hydrogens (tertiary/aromatic N) is 4. The van der Waals surface area contributed by atoms with E-state index in [0.717, 1.165) is 32.9 Å². The van der Waals surface area contributed by atoms with Crippen molar-refractivity contribution < 1.29 is 4.42 Å². The molecule has 0 atom stereocenters. The number of pyridine rings is 1. The topological polar surface area (TPSA) is 64.7 Å². The monoisotopic (exact) mass is 556 g/mol. The summed E-state index contributed by atoms with van der Waals surface area (Å²) >= 11 is 1.80. The quantitative estimate of drug-likeness (QED) is 0.217. The zero-order valence-corrected chi connectivity index (χ0v) is 23.0. The lowest BCUT2D eigenvalue weighted by molar-refractivity contribution is 0.655. The maximum Gasteiger partial charge on any atom is 0.227 e. The Labute approximate surface area is 243 Å². The Bertz CT molecular complexity index is 2480. The van der Waals surface area contributed by atoms with Crippen LogP contribution in [-0.2, 0) is 0 Å². The summed E-state index contributed by atoms with van der Waals surface area (Å²) in [7, 11) is 0. The maximum atomic E-state index is 6.25. The highest BCUT2D eigenvalue weighted by Gasteiger charge is 2.17. The Balaban J connectivity index is 1.24. The Hall–Kier alpha value is -5.46. The van der Waals surface area contributed by atoms with Gasteiger partial charge in [-0.25, -0.2) is 19.9 Å². The van der Waals surface area contributed by atoms with Crippen molar-refractivity contribution in [3.8, 4) is 34.3 Å². The molecule has 0 unspecified atom stereocenters. The molecule has 0 aliphatic rings. The second kappa shape index (κ2) is 9.03. The van der Waals surface area contributed by atoms with Crippen LogP contribution in [0.15, 0.2) is 126 Å². The fourth-order valence-corrected chi connectivity index (χ4v) is 6.75. The molecule has 0 fully saturated rings. The molecule has 9 aromatic rings. The van der Waals surface area contributed by atoms with Gasteiger partial charge >= 0.3 is 0 Å². The minimum absolute atomic E-state index is 0.502. The van der Waals surface area contributed by atoms with Gasteiger partial charge < -0.3 is 4.42 Å². The zero-order chi connectivity index (χ0) is 27.6. The number of hydrogen-bond donors (Lipinski definition) is 0. The van der Waals surface area contributed by atoms with Gasteiger partial charge in [-0.05, 0) is 59.3 Å². The molecule has 0 aliphatic carbocycles. The minimum Gasteiger partial charge on any atom is -0.438 e. The van der Waals surface area contributed by atoms with E-state index in [-0.39, 0.29) is 0 Å². The third kappa shape index (κ3) is 3.70. The molecule has 0 saturated heterocycles. The summed E-state index contributed by atoms with van der Waals surface area (Å²) in [6.07, 6.45) is 0. The molecule has 5 nitrogen and oxygen atoms in total. The normalized spacial score (nSPS) is 11.8. The third-order valence-corrected chi connectivity index (χ3v) is 8.89. The van der Waals surface area contributed by atoms with Crippen LogP contribution in [0.5, 0.6) is 0 Å². The van der Waals surface area contributed by atoms with Crippen LogP contribution in [-0.4, -0.2) is 19.9 Å². The van der Waals surface area contributed by atoms with E-state index in [1.54, 1.807) is 11.3 Å². The van der Waals surface area contributed by atoms with Crippen molar-refractivity contribution in [2.75, 3.05) is 0 Å². The number of hydrogen-bond acceptors (Lipinski definition) is 6. The van der Waals surface area contributed by atoms with E-state index in [1.165, 1.54) is 25.6 Å². The molecule has 0 bridgehead atoms. The van der Waals surface area contributed by atoms with Crippen molar-refractivity contribution in [3.05, 3.63) is 121 Å². The largest absolute Gasteiger partial charge is 0.438 e. The first-order valence-electron chi connectivity index (χ1n) is 13.7. The van der Waals surface area contributed by atoms with Gasteiger partial charge in [0.2, 0.25) is 5.71 Å². The Morgan fingerprint density at radius 3 is 2.05 bits per heavy atom. The second-order valence-electron chi connectivity index (χ2n) is 10.3. The molecular formula is C36H20N4OS. The molecule has 9 rings (SSSR count). The van der Waals surface area contributed by atoms with Crippen LogP contribution in [0.4, 0.5) is 0 Å². The van der Waals surface area contributed by atoms with Crippen LogP contribution < -0.4 is 0 Å². The Morgan fingerprint density at radius 2 is 1.17 bits per heavy atom. The molecule has 0 N–H and O–H groups in total. The van der Waals surface area contributed by atoms with Gasteiger partial charge in [0.15, 0.2) is 17.5 Å². The second-order valence-corrected chi connectivity index (χ2v) is 11.4. The third-order valence-electron chi connectivity index (χ3n) is 7.74. The van der Waals surface area contributed by atoms with Crippen LogP contribution in [0.3, 0.4) is 0 Å². The van der Waals surface area contributed by atoms with Crippen LogP contribution in [0.1, 0.15) is 0 Å². The number of thiophene rings is 1. The SMILES string of the molecule is c1ccc(-c2nc(-c3ccc4sc5ccccc5c4c3)nc(-c3ccc4c(n3)oc3cc5ccccc5cc34)n2)cc1. The van der Waals surface area contributed by atoms with Crippen LogP contribution in [0, 0.1) is 0 Å². The van der Waals surface area contributed by atoms with E-state index in [0.29, 0.717) is 28.9 Å². The molecule has 0 saturated carbocycles. The standard InChI is InChI=1S/C36H20N4OS/c1-2-8-21(9-3-1)33-38-34(24-14-17-32-28(19-24)25-12-6-7-13-31(25)42-32)40-35(39-33)29-16-15-26-27-18-22-10-4-5-11-23(22)20-30(27)41-36(26)37-29/h1-20H. The van der Waals surface area contributed by atoms with Gasteiger partial charge in [0, 0.05) is 42.1 Å². The summed E-state index contributed by atoms with van der Waals surface area (Å²) in [5.74, 6) is 1.71. The van der Waals surface area contributed by atoms with Crippen molar-refractivity contribution >= 4 is 64.4 Å². The maximum absolute atomic E-state index is 6.25. The summed E-state index contributed by atoms with van der Waals surface area (Å²) in [5.41, 5.74) is 3.86. The molecule has 5 aromatic carbocycles. The number of aromatic nitrogens is 4. The van der Waals surface area contributed by atoms with E-state index >= 15 is 0 Å². The highest BCUT2D eigenvalue weighted by atomic mass is 32.1. The molecule has 6 heteroatoms. The average molecular weight is 557 g/mol. The predicted octanol–water partition coefficient (Wildman–Crippen LogP) is 9.69. The van der Waals surface area contributed by atoms with Crippen LogP contribution in [0.25, 0.3) is 87.3 Å². The average Bonchev–Trinajstić information content (AvgIpc) is 3.60. The Morgan fingerprint density at radius 1 is 0.452 bits per heavy atom. The number of rotatable bonds is 3. The van der Waals surface area contributed by atoms with E-state index in [4.69, 9.17) is 24.4 Å². The summed E-state index contributed by atoms with van der Waals surface area (Å²) in [6.45, 7) is 0. The van der Waals surface area contributed by atoms with Crippen molar-refractivity contribution in [2.24, 2.45) is 0 Å². The predicted molar refractivity (Wildman–Crippen MR) is 172 cm³/mol. The number of furan rings is 1. The van der Waals surface area contributed by atoms with Gasteiger partial charge in [-0.15, -0.1) is 11.3 Å². The van der Waals surface area contributed by atoms with Crippen molar-refractivity contribution in [1.82, 2.24) is 19.9 Å². The van der Waals surface area contributed by atoms with E-state index in [9.17, 15) is 0 Å². The molecule has 0 spiro atoms. The zero-order valence-electron chi connectivity index (χ0n) is 22.2. The molecule has 42 heavy (non-hydrogen) atoms. The van der Waals surface area contributed by atoms with E-state index in [1.807, 2.05) is 54.6 Å². The molecule has 4 heterocycles. The van der Waals surface area contributed by atoms with Crippen molar-refractivity contribution in [2.45, 2.75) is 0 Å². The lowest BCUT2D eigenvalue weighted by atomic mass is 10.1. The molecule has 0 amide bonds. The van der Waals surface area contributed by atoms with Gasteiger partial charge in [0.05, 0.1) is 0 Å². The summed E-state index contributed by atoms with van der Waals surface area (Å²) in [4.78, 5) is 19.7. The lowest BCUT2D eigenvalue weighted by Gasteiger charge is -2.08. The fourth-order valence-electron chi connectivity index (χ4n) is 5.67. The van der Waals surface area contributed by atoms with Crippen molar-refractivity contribution in [3.63, 3.8) is 0 Å². The highest BCUT2D eigenvalue weighted by Crippen LogP contribution is 2.37. The summed E-state index contributed by atoms with van der Waals surface area (Å²) in [6, 6.07) is 41.5. The first-order valence-corrected chi connectivity index (χ1v) is 14.5. The van der Waals surface area contributed by atoms with Gasteiger partial charge in [-0.1, -0.05) is 72.8 Å². The fraction of sp³-hybridized carbons (Fsp3) is 0. The molecule has 4 aromatic heterocycles. The van der Waals surface area contributed by atoms with Crippen molar-refractivity contribution in [1.29, 1.82) is 0 Å². The van der Waals surface area contributed by atoms with Gasteiger partial charge in [0.1, 0.15) is 11.3 Å². The van der Waals surface area contributed by atoms with Crippen LogP contribution >= 0.6 is 11.3 Å². The van der Waals surface area contributed by atoms with Crippen LogP contribution in [0.2, 0.25) is 0 Å². The Kier molecular flexibility index (Phi) is 5.00. The highest BCUT2D eigenvalue weighted by molar-refractivity contribution is 7.25. The molecule has 196 valence electrons. The molecule has 0 radical (unpaired) electrons. The number of benzene rings is 5. The van der Waals surface area contributed by atoms with Gasteiger partial charge in [0.25, 0.3) is 0 Å². The van der Waals surface area contributed by atoms with Gasteiger partial charge in [-0.2, -0.15) is 0 Å². The molecular weight excluding hydrogens is 536 g/mol. The first kappa shape index (κ1) is 23.3. The smallest absolute Gasteiger partial charge is 0.227 e. The summed E-state index contributed by atoms with van der Waals surface area (Å²) < 4.78 is 8.76. The van der Waals surface area contributed by atoms with E-state index in [2.05, 4.69) is 66.7 Å². The van der Waals surface area contributed by atoms with E-state index < -0.39 is 0 Å². The number of fused-ring (bicyclic) bond motifs is 7.